The summed E-state index contributed by atoms with van der Waals surface area (Å²) in [6.45, 7) is 1.95. The monoisotopic (exact) mass is 398 g/mol. The summed E-state index contributed by atoms with van der Waals surface area (Å²) in [5.41, 5.74) is 3.66. The molecule has 29 heavy (non-hydrogen) atoms. The Hall–Kier alpha value is -2.34. The Morgan fingerprint density at radius 3 is 2.52 bits per heavy atom. The molecule has 3 heterocycles. The molecular weight excluding hydrogens is 368 g/mol. The fourth-order valence-corrected chi connectivity index (χ4v) is 5.63. The molecular formula is C23H30N2O4. The molecule has 1 N–H and O–H groups in total. The summed E-state index contributed by atoms with van der Waals surface area (Å²) < 4.78 is 9.87. The van der Waals surface area contributed by atoms with E-state index in [0.717, 1.165) is 38.8 Å². The smallest absolute Gasteiger partial charge is 0.305 e. The number of anilines is 1. The van der Waals surface area contributed by atoms with Crippen molar-refractivity contribution in [1.29, 1.82) is 0 Å². The van der Waals surface area contributed by atoms with Crippen LogP contribution < -0.4 is 5.32 Å². The average molecular weight is 399 g/mol. The van der Waals surface area contributed by atoms with E-state index in [0.29, 0.717) is 12.8 Å². The highest BCUT2D eigenvalue weighted by Gasteiger charge is 2.51. The number of para-hydroxylation sites is 1. The van der Waals surface area contributed by atoms with E-state index in [1.165, 1.54) is 31.0 Å². The summed E-state index contributed by atoms with van der Waals surface area (Å²) in [6.07, 6.45) is 6.61. The van der Waals surface area contributed by atoms with Crippen molar-refractivity contribution in [3.8, 4) is 0 Å². The SMILES string of the molecule is COC(=O)CCC1(CCC(=O)OC)CCCN2CC=C3c4ccccc4NC3C21. The van der Waals surface area contributed by atoms with E-state index in [1.807, 2.05) is 0 Å². The average Bonchev–Trinajstić information content (AvgIpc) is 3.14. The maximum Gasteiger partial charge on any atom is 0.305 e. The van der Waals surface area contributed by atoms with Gasteiger partial charge in [-0.15, -0.1) is 0 Å². The van der Waals surface area contributed by atoms with Gasteiger partial charge in [0.15, 0.2) is 0 Å². The van der Waals surface area contributed by atoms with Gasteiger partial charge in [-0.1, -0.05) is 24.3 Å². The minimum atomic E-state index is -0.186. The van der Waals surface area contributed by atoms with E-state index in [-0.39, 0.29) is 29.4 Å². The van der Waals surface area contributed by atoms with Gasteiger partial charge in [-0.2, -0.15) is 0 Å². The Balaban J connectivity index is 1.67. The van der Waals surface area contributed by atoms with Gasteiger partial charge in [-0.05, 0) is 49.3 Å². The molecule has 1 aromatic carbocycles. The summed E-state index contributed by atoms with van der Waals surface area (Å²) in [7, 11) is 2.88. The molecule has 3 aliphatic heterocycles. The molecule has 0 aromatic heterocycles. The van der Waals surface area contributed by atoms with E-state index in [9.17, 15) is 9.59 Å². The van der Waals surface area contributed by atoms with Crippen LogP contribution in [0.25, 0.3) is 5.57 Å². The van der Waals surface area contributed by atoms with Crippen LogP contribution in [0.4, 0.5) is 5.69 Å². The quantitative estimate of drug-likeness (QED) is 0.742. The molecule has 4 rings (SSSR count). The number of benzene rings is 1. The van der Waals surface area contributed by atoms with Gasteiger partial charge in [0, 0.05) is 36.7 Å². The fraction of sp³-hybridized carbons (Fsp3) is 0.565. The minimum absolute atomic E-state index is 0.139. The summed E-state index contributed by atoms with van der Waals surface area (Å²) in [5.74, 6) is -0.373. The Kier molecular flexibility index (Phi) is 5.63. The van der Waals surface area contributed by atoms with Gasteiger partial charge in [0.05, 0.1) is 20.3 Å². The molecule has 0 saturated carbocycles. The number of carbonyl (C=O) groups is 2. The zero-order valence-corrected chi connectivity index (χ0v) is 17.3. The van der Waals surface area contributed by atoms with Crippen molar-refractivity contribution in [2.75, 3.05) is 32.6 Å². The van der Waals surface area contributed by atoms with Crippen LogP contribution in [0.15, 0.2) is 30.3 Å². The third-order valence-corrected chi connectivity index (χ3v) is 7.00. The second-order valence-electron chi connectivity index (χ2n) is 8.39. The van der Waals surface area contributed by atoms with Crippen LogP contribution in [-0.2, 0) is 19.1 Å². The molecule has 1 saturated heterocycles. The standard InChI is InChI=1S/C23H30N2O4/c1-28-19(26)8-12-23(13-9-20(27)29-2)11-5-14-25-15-10-17-16-6-3-4-7-18(16)24-21(17)22(23)25/h3-4,6-7,10,21-22,24H,5,8-9,11-15H2,1-2H3. The van der Waals surface area contributed by atoms with E-state index in [1.54, 1.807) is 0 Å². The number of esters is 2. The maximum atomic E-state index is 12.0. The lowest BCUT2D eigenvalue weighted by atomic mass is 9.63. The molecule has 0 spiro atoms. The first-order chi connectivity index (χ1) is 14.1. The number of carbonyl (C=O) groups excluding carboxylic acids is 2. The van der Waals surface area contributed by atoms with Gasteiger partial charge in [-0.3, -0.25) is 14.5 Å². The van der Waals surface area contributed by atoms with Gasteiger partial charge < -0.3 is 14.8 Å². The third kappa shape index (κ3) is 3.66. The summed E-state index contributed by atoms with van der Waals surface area (Å²) >= 11 is 0. The predicted molar refractivity (Wildman–Crippen MR) is 111 cm³/mol. The summed E-state index contributed by atoms with van der Waals surface area (Å²) in [5, 5.41) is 3.75. The molecule has 6 heteroatoms. The highest BCUT2D eigenvalue weighted by molar-refractivity contribution is 5.88. The van der Waals surface area contributed by atoms with Crippen molar-refractivity contribution in [1.82, 2.24) is 4.90 Å². The lowest BCUT2D eigenvalue weighted by molar-refractivity contribution is -0.143. The van der Waals surface area contributed by atoms with Gasteiger partial charge in [-0.25, -0.2) is 0 Å². The van der Waals surface area contributed by atoms with Crippen molar-refractivity contribution in [3.05, 3.63) is 35.9 Å². The topological polar surface area (TPSA) is 67.9 Å². The van der Waals surface area contributed by atoms with E-state index in [4.69, 9.17) is 9.47 Å². The first-order valence-electron chi connectivity index (χ1n) is 10.5. The molecule has 0 amide bonds. The molecule has 0 bridgehead atoms. The van der Waals surface area contributed by atoms with Crippen molar-refractivity contribution < 1.29 is 19.1 Å². The zero-order chi connectivity index (χ0) is 20.4. The van der Waals surface area contributed by atoms with Crippen molar-refractivity contribution in [3.63, 3.8) is 0 Å². The van der Waals surface area contributed by atoms with Gasteiger partial charge in [0.2, 0.25) is 0 Å². The van der Waals surface area contributed by atoms with Crippen LogP contribution in [0.1, 0.15) is 44.1 Å². The number of hydrogen-bond acceptors (Lipinski definition) is 6. The predicted octanol–water partition coefficient (Wildman–Crippen LogP) is 3.23. The molecule has 1 fully saturated rings. The van der Waals surface area contributed by atoms with Crippen molar-refractivity contribution in [2.45, 2.75) is 50.6 Å². The normalized spacial score (nSPS) is 24.4. The minimum Gasteiger partial charge on any atom is -0.469 e. The highest BCUT2D eigenvalue weighted by Crippen LogP contribution is 2.51. The van der Waals surface area contributed by atoms with E-state index >= 15 is 0 Å². The van der Waals surface area contributed by atoms with Crippen LogP contribution in [0.2, 0.25) is 0 Å². The van der Waals surface area contributed by atoms with Crippen LogP contribution in [0.5, 0.6) is 0 Å². The Morgan fingerprint density at radius 1 is 1.14 bits per heavy atom. The summed E-state index contributed by atoms with van der Waals surface area (Å²) in [6, 6.07) is 8.86. The van der Waals surface area contributed by atoms with Crippen LogP contribution in [0, 0.1) is 5.41 Å². The second kappa shape index (κ2) is 8.19. The number of piperidine rings is 1. The van der Waals surface area contributed by atoms with Gasteiger partial charge in [0.25, 0.3) is 0 Å². The molecule has 2 atom stereocenters. The second-order valence-corrected chi connectivity index (χ2v) is 8.39. The Morgan fingerprint density at radius 2 is 1.83 bits per heavy atom. The molecule has 0 aliphatic carbocycles. The fourth-order valence-electron chi connectivity index (χ4n) is 5.63. The summed E-state index contributed by atoms with van der Waals surface area (Å²) in [4.78, 5) is 26.5. The number of rotatable bonds is 6. The zero-order valence-electron chi connectivity index (χ0n) is 17.3. The Bertz CT molecular complexity index is 799. The van der Waals surface area contributed by atoms with Crippen molar-refractivity contribution >= 4 is 23.2 Å². The number of nitrogens with one attached hydrogen (secondary N) is 1. The molecule has 2 unspecified atom stereocenters. The van der Waals surface area contributed by atoms with E-state index in [2.05, 4.69) is 40.6 Å². The number of methoxy groups -OCH3 is 2. The lowest BCUT2D eigenvalue weighted by Gasteiger charge is -2.54. The number of hydrogen-bond donors (Lipinski definition) is 1. The van der Waals surface area contributed by atoms with Crippen LogP contribution in [0.3, 0.4) is 0 Å². The van der Waals surface area contributed by atoms with Crippen LogP contribution >= 0.6 is 0 Å². The number of ether oxygens (including phenoxy) is 2. The molecule has 6 nitrogen and oxygen atoms in total. The lowest BCUT2D eigenvalue weighted by Crippen LogP contribution is -2.61. The van der Waals surface area contributed by atoms with E-state index < -0.39 is 0 Å². The molecule has 1 aromatic rings. The van der Waals surface area contributed by atoms with Gasteiger partial charge in [0.1, 0.15) is 0 Å². The van der Waals surface area contributed by atoms with Crippen LogP contribution in [-0.4, -0.2) is 56.2 Å². The first-order valence-corrected chi connectivity index (χ1v) is 10.5. The van der Waals surface area contributed by atoms with Gasteiger partial charge >= 0.3 is 11.9 Å². The molecule has 3 aliphatic rings. The molecule has 0 radical (unpaired) electrons. The maximum absolute atomic E-state index is 12.0. The highest BCUT2D eigenvalue weighted by atomic mass is 16.5. The Labute approximate surface area is 172 Å². The third-order valence-electron chi connectivity index (χ3n) is 7.00. The van der Waals surface area contributed by atoms with Crippen molar-refractivity contribution in [2.24, 2.45) is 5.41 Å². The largest absolute Gasteiger partial charge is 0.469 e. The molecule has 156 valence electrons. The first kappa shape index (κ1) is 20.0. The number of nitrogens with zero attached hydrogens (tertiary/aromatic N) is 1. The number of fused-ring (bicyclic) bond motifs is 5.